The van der Waals surface area contributed by atoms with E-state index in [0.717, 1.165) is 31.3 Å². The van der Waals surface area contributed by atoms with Crippen LogP contribution in [0.25, 0.3) is 0 Å². The number of unbranched alkanes of at least 4 members (excludes halogenated alkanes) is 1. The van der Waals surface area contributed by atoms with Gasteiger partial charge in [0.15, 0.2) is 0 Å². The molecule has 0 aliphatic heterocycles. The molecule has 0 aliphatic carbocycles. The molecule has 0 amide bonds. The summed E-state index contributed by atoms with van der Waals surface area (Å²) in [5.74, 6) is 0.966. The highest BCUT2D eigenvalue weighted by Gasteiger charge is 2.04. The van der Waals surface area contributed by atoms with Crippen LogP contribution in [0.5, 0.6) is 0 Å². The standard InChI is InChI=1S/C13H21N5/c1-3-4-6-14-13-16-12(2)11-17(13)9-10-18-8-5-7-15-18/h5,7-8,11H,3-4,6,9-10H2,1-2H3,(H,14,16). The van der Waals surface area contributed by atoms with Crippen LogP contribution in [0.15, 0.2) is 24.7 Å². The summed E-state index contributed by atoms with van der Waals surface area (Å²) >= 11 is 0. The maximum Gasteiger partial charge on any atom is 0.203 e. The molecule has 0 aromatic carbocycles. The smallest absolute Gasteiger partial charge is 0.203 e. The second-order valence-corrected chi connectivity index (χ2v) is 4.45. The maximum atomic E-state index is 4.50. The molecule has 18 heavy (non-hydrogen) atoms. The van der Waals surface area contributed by atoms with Gasteiger partial charge in [-0.25, -0.2) is 4.98 Å². The van der Waals surface area contributed by atoms with Crippen molar-refractivity contribution < 1.29 is 0 Å². The largest absolute Gasteiger partial charge is 0.356 e. The minimum atomic E-state index is 0.866. The fourth-order valence-electron chi connectivity index (χ4n) is 1.88. The minimum Gasteiger partial charge on any atom is -0.356 e. The highest BCUT2D eigenvalue weighted by Crippen LogP contribution is 2.09. The lowest BCUT2D eigenvalue weighted by Crippen LogP contribution is -2.12. The fourth-order valence-corrected chi connectivity index (χ4v) is 1.88. The van der Waals surface area contributed by atoms with E-state index < -0.39 is 0 Å². The zero-order valence-corrected chi connectivity index (χ0v) is 11.1. The molecule has 0 atom stereocenters. The van der Waals surface area contributed by atoms with Crippen molar-refractivity contribution in [2.75, 3.05) is 11.9 Å². The molecule has 0 unspecified atom stereocenters. The lowest BCUT2D eigenvalue weighted by Gasteiger charge is -2.09. The quantitative estimate of drug-likeness (QED) is 0.764. The Balaban J connectivity index is 1.93. The predicted octanol–water partition coefficient (Wildman–Crippen LogP) is 2.30. The number of anilines is 1. The molecule has 0 fully saturated rings. The number of hydrogen-bond donors (Lipinski definition) is 1. The van der Waals surface area contributed by atoms with E-state index >= 15 is 0 Å². The van der Waals surface area contributed by atoms with Crippen molar-refractivity contribution >= 4 is 5.95 Å². The molecular weight excluding hydrogens is 226 g/mol. The third-order valence-electron chi connectivity index (χ3n) is 2.84. The molecule has 2 rings (SSSR count). The summed E-state index contributed by atoms with van der Waals surface area (Å²) in [4.78, 5) is 4.50. The Bertz CT molecular complexity index is 458. The molecule has 1 N–H and O–H groups in total. The van der Waals surface area contributed by atoms with E-state index in [4.69, 9.17) is 0 Å². The Kier molecular flexibility index (Phi) is 4.39. The molecule has 0 saturated heterocycles. The lowest BCUT2D eigenvalue weighted by molar-refractivity contribution is 0.535. The summed E-state index contributed by atoms with van der Waals surface area (Å²) in [6.45, 7) is 6.95. The minimum absolute atomic E-state index is 0.866. The highest BCUT2D eigenvalue weighted by atomic mass is 15.3. The van der Waals surface area contributed by atoms with Gasteiger partial charge in [0.2, 0.25) is 5.95 Å². The molecule has 0 spiro atoms. The molecule has 0 aliphatic rings. The van der Waals surface area contributed by atoms with E-state index in [2.05, 4.69) is 33.1 Å². The number of imidazole rings is 1. The van der Waals surface area contributed by atoms with Crippen molar-refractivity contribution in [2.45, 2.75) is 39.8 Å². The van der Waals surface area contributed by atoms with Crippen LogP contribution in [0.2, 0.25) is 0 Å². The Morgan fingerprint density at radius 2 is 2.22 bits per heavy atom. The van der Waals surface area contributed by atoms with Gasteiger partial charge in [-0.2, -0.15) is 5.10 Å². The highest BCUT2D eigenvalue weighted by molar-refractivity contribution is 5.28. The van der Waals surface area contributed by atoms with Gasteiger partial charge in [-0.05, 0) is 19.4 Å². The zero-order valence-electron chi connectivity index (χ0n) is 11.1. The Morgan fingerprint density at radius 1 is 1.33 bits per heavy atom. The van der Waals surface area contributed by atoms with Gasteiger partial charge in [0.25, 0.3) is 0 Å². The van der Waals surface area contributed by atoms with Gasteiger partial charge in [-0.3, -0.25) is 4.68 Å². The monoisotopic (exact) mass is 247 g/mol. The van der Waals surface area contributed by atoms with E-state index in [0.29, 0.717) is 0 Å². The van der Waals surface area contributed by atoms with E-state index in [1.54, 1.807) is 6.20 Å². The second kappa shape index (κ2) is 6.23. The van der Waals surface area contributed by atoms with Crippen LogP contribution in [0.1, 0.15) is 25.5 Å². The van der Waals surface area contributed by atoms with Gasteiger partial charge in [-0.1, -0.05) is 13.3 Å². The molecule has 0 radical (unpaired) electrons. The maximum absolute atomic E-state index is 4.50. The van der Waals surface area contributed by atoms with Crippen molar-refractivity contribution in [1.29, 1.82) is 0 Å². The molecule has 98 valence electrons. The molecule has 2 heterocycles. The predicted molar refractivity (Wildman–Crippen MR) is 72.6 cm³/mol. The summed E-state index contributed by atoms with van der Waals surface area (Å²) in [5, 5.41) is 7.59. The molecule has 5 nitrogen and oxygen atoms in total. The van der Waals surface area contributed by atoms with Crippen LogP contribution in [-0.4, -0.2) is 25.9 Å². The average Bonchev–Trinajstić information content (AvgIpc) is 2.97. The lowest BCUT2D eigenvalue weighted by atomic mass is 10.3. The van der Waals surface area contributed by atoms with E-state index in [9.17, 15) is 0 Å². The molecule has 0 saturated carbocycles. The van der Waals surface area contributed by atoms with Crippen LogP contribution in [-0.2, 0) is 13.1 Å². The van der Waals surface area contributed by atoms with Gasteiger partial charge in [0.05, 0.1) is 12.2 Å². The first kappa shape index (κ1) is 12.7. The first-order chi connectivity index (χ1) is 8.79. The zero-order chi connectivity index (χ0) is 12.8. The number of hydrogen-bond acceptors (Lipinski definition) is 3. The summed E-state index contributed by atoms with van der Waals surface area (Å²) in [6, 6.07) is 1.94. The van der Waals surface area contributed by atoms with Crippen LogP contribution >= 0.6 is 0 Å². The first-order valence-corrected chi connectivity index (χ1v) is 6.54. The SMILES string of the molecule is CCCCNc1nc(C)cn1CCn1cccn1. The molecule has 0 bridgehead atoms. The van der Waals surface area contributed by atoms with Gasteiger partial charge >= 0.3 is 0 Å². The van der Waals surface area contributed by atoms with Crippen LogP contribution < -0.4 is 5.32 Å². The Morgan fingerprint density at radius 3 is 2.94 bits per heavy atom. The molecule has 5 heteroatoms. The van der Waals surface area contributed by atoms with Crippen LogP contribution in [0, 0.1) is 6.92 Å². The van der Waals surface area contributed by atoms with Crippen LogP contribution in [0.3, 0.4) is 0 Å². The third-order valence-corrected chi connectivity index (χ3v) is 2.84. The topological polar surface area (TPSA) is 47.7 Å². The summed E-state index contributed by atoms with van der Waals surface area (Å²) in [5.41, 5.74) is 1.05. The average molecular weight is 247 g/mol. The summed E-state index contributed by atoms with van der Waals surface area (Å²) < 4.78 is 4.10. The number of nitrogens with zero attached hydrogens (tertiary/aromatic N) is 4. The van der Waals surface area contributed by atoms with Crippen LogP contribution in [0.4, 0.5) is 5.95 Å². The van der Waals surface area contributed by atoms with Crippen molar-refractivity contribution in [2.24, 2.45) is 0 Å². The van der Waals surface area contributed by atoms with Gasteiger partial charge in [0, 0.05) is 31.7 Å². The van der Waals surface area contributed by atoms with E-state index in [-0.39, 0.29) is 0 Å². The number of aromatic nitrogens is 4. The third kappa shape index (κ3) is 3.35. The molecule has 2 aromatic rings. The summed E-state index contributed by atoms with van der Waals surface area (Å²) in [7, 11) is 0. The molecular formula is C13H21N5. The molecule has 2 aromatic heterocycles. The number of rotatable bonds is 7. The van der Waals surface area contributed by atoms with Crippen molar-refractivity contribution in [3.8, 4) is 0 Å². The number of aryl methyl sites for hydroxylation is 3. The van der Waals surface area contributed by atoms with Gasteiger partial charge in [-0.15, -0.1) is 0 Å². The van der Waals surface area contributed by atoms with Crippen molar-refractivity contribution in [3.05, 3.63) is 30.4 Å². The first-order valence-electron chi connectivity index (χ1n) is 6.54. The summed E-state index contributed by atoms with van der Waals surface area (Å²) in [6.07, 6.45) is 8.23. The Labute approximate surface area is 108 Å². The van der Waals surface area contributed by atoms with Gasteiger partial charge in [0.1, 0.15) is 0 Å². The fraction of sp³-hybridized carbons (Fsp3) is 0.538. The van der Waals surface area contributed by atoms with E-state index in [1.165, 1.54) is 12.8 Å². The normalized spacial score (nSPS) is 10.8. The van der Waals surface area contributed by atoms with Crippen molar-refractivity contribution in [3.63, 3.8) is 0 Å². The second-order valence-electron chi connectivity index (χ2n) is 4.45. The van der Waals surface area contributed by atoms with E-state index in [1.807, 2.05) is 23.9 Å². The Hall–Kier alpha value is -1.78. The number of nitrogens with one attached hydrogen (secondary N) is 1. The van der Waals surface area contributed by atoms with Crippen molar-refractivity contribution in [1.82, 2.24) is 19.3 Å². The van der Waals surface area contributed by atoms with Gasteiger partial charge < -0.3 is 9.88 Å².